The van der Waals surface area contributed by atoms with E-state index in [4.69, 9.17) is 10.7 Å². The Kier molecular flexibility index (Phi) is 2.90. The van der Waals surface area contributed by atoms with E-state index in [1.54, 1.807) is 19.9 Å². The van der Waals surface area contributed by atoms with E-state index in [2.05, 4.69) is 0 Å². The van der Waals surface area contributed by atoms with Crippen molar-refractivity contribution in [2.24, 2.45) is 0 Å². The van der Waals surface area contributed by atoms with Crippen molar-refractivity contribution in [1.82, 2.24) is 4.31 Å². The van der Waals surface area contributed by atoms with Gasteiger partial charge in [-0.25, -0.2) is 8.70 Å². The maximum atomic E-state index is 13.5. The molecule has 0 aromatic heterocycles. The van der Waals surface area contributed by atoms with Gasteiger partial charge in [0, 0.05) is 10.7 Å². The van der Waals surface area contributed by atoms with Crippen LogP contribution < -0.4 is 0 Å². The maximum absolute atomic E-state index is 13.5. The normalized spacial score (nSPS) is 24.0. The molecule has 2 rings (SSSR count). The Morgan fingerprint density at radius 3 is 2.50 bits per heavy atom. The van der Waals surface area contributed by atoms with Crippen LogP contribution in [0.25, 0.3) is 0 Å². The first-order valence-corrected chi connectivity index (χ1v) is 7.47. The molecule has 1 saturated heterocycles. The Labute approximate surface area is 109 Å². The van der Waals surface area contributed by atoms with Crippen molar-refractivity contribution >= 4 is 25.8 Å². The van der Waals surface area contributed by atoms with Gasteiger partial charge in [0.2, 0.25) is 5.91 Å². The molecule has 0 radical (unpaired) electrons. The van der Waals surface area contributed by atoms with Crippen LogP contribution in [0.5, 0.6) is 0 Å². The first kappa shape index (κ1) is 13.3. The topological polar surface area (TPSA) is 54.5 Å². The van der Waals surface area contributed by atoms with E-state index < -0.39 is 26.5 Å². The van der Waals surface area contributed by atoms with Crippen LogP contribution in [0, 0.1) is 12.7 Å². The maximum Gasteiger partial charge on any atom is 0.324 e. The Morgan fingerprint density at radius 2 is 2.06 bits per heavy atom. The fourth-order valence-electron chi connectivity index (χ4n) is 2.13. The second-order valence-corrected chi connectivity index (χ2v) is 6.87. The van der Waals surface area contributed by atoms with Crippen LogP contribution in [0.1, 0.15) is 24.5 Å². The van der Waals surface area contributed by atoms with E-state index in [0.29, 0.717) is 15.4 Å². The Bertz CT molecular complexity index is 631. The number of aryl methyl sites for hydroxylation is 1. The van der Waals surface area contributed by atoms with Gasteiger partial charge in [0.05, 0.1) is 12.0 Å². The molecule has 7 heteroatoms. The summed E-state index contributed by atoms with van der Waals surface area (Å²) in [5.41, 5.74) is -0.241. The number of halogens is 2. The molecule has 0 aliphatic carbocycles. The number of carbonyl (C=O) groups excluding carboxylic acids is 1. The number of benzene rings is 1. The number of hydrogen-bond donors (Lipinski definition) is 0. The molecule has 1 amide bonds. The van der Waals surface area contributed by atoms with Crippen molar-refractivity contribution in [3.05, 3.63) is 35.1 Å². The molecule has 1 atom stereocenters. The van der Waals surface area contributed by atoms with Crippen molar-refractivity contribution < 1.29 is 17.6 Å². The van der Waals surface area contributed by atoms with Crippen LogP contribution in [0.3, 0.4) is 0 Å². The molecule has 0 saturated carbocycles. The highest BCUT2D eigenvalue weighted by molar-refractivity contribution is 8.12. The third-order valence-corrected chi connectivity index (χ3v) is 4.64. The Balaban J connectivity index is 2.50. The molecule has 1 aromatic carbocycles. The zero-order chi connectivity index (χ0) is 13.7. The summed E-state index contributed by atoms with van der Waals surface area (Å²) in [5, 5.41) is 0. The molecule has 1 fully saturated rings. The van der Waals surface area contributed by atoms with Crippen LogP contribution in [0.15, 0.2) is 18.2 Å². The summed E-state index contributed by atoms with van der Waals surface area (Å²) in [6.45, 7) is 3.14. The van der Waals surface area contributed by atoms with Crippen molar-refractivity contribution in [2.45, 2.75) is 25.8 Å². The summed E-state index contributed by atoms with van der Waals surface area (Å²) in [5.74, 6) is -1.03. The largest absolute Gasteiger partial charge is 0.324 e. The summed E-state index contributed by atoms with van der Waals surface area (Å²) in [6.07, 6.45) is -0.0124. The van der Waals surface area contributed by atoms with E-state index in [0.717, 1.165) is 0 Å². The minimum absolute atomic E-state index is 0.0124. The molecule has 0 bridgehead atoms. The SMILES string of the molecule is Cc1ccc(C2(C)CC(=O)N2S(=O)(=O)Cl)cc1F. The van der Waals surface area contributed by atoms with Crippen molar-refractivity contribution in [3.8, 4) is 0 Å². The third-order valence-electron chi connectivity index (χ3n) is 3.18. The lowest BCUT2D eigenvalue weighted by Crippen LogP contribution is -2.60. The molecule has 18 heavy (non-hydrogen) atoms. The molecule has 1 aromatic rings. The van der Waals surface area contributed by atoms with E-state index >= 15 is 0 Å². The third kappa shape index (κ3) is 1.89. The van der Waals surface area contributed by atoms with Gasteiger partial charge in [0.25, 0.3) is 0 Å². The van der Waals surface area contributed by atoms with Gasteiger partial charge in [-0.15, -0.1) is 0 Å². The summed E-state index contributed by atoms with van der Waals surface area (Å²) < 4.78 is 36.8. The average molecular weight is 292 g/mol. The lowest BCUT2D eigenvalue weighted by molar-refractivity contribution is -0.144. The number of carbonyl (C=O) groups is 1. The molecule has 0 N–H and O–H groups in total. The lowest BCUT2D eigenvalue weighted by atomic mass is 9.82. The predicted octanol–water partition coefficient (Wildman–Crippen LogP) is 2.07. The molecular formula is C11H11ClFNO3S. The van der Waals surface area contributed by atoms with E-state index in [1.807, 2.05) is 0 Å². The first-order chi connectivity index (χ1) is 8.16. The van der Waals surface area contributed by atoms with Crippen molar-refractivity contribution in [3.63, 3.8) is 0 Å². The number of amides is 1. The number of β-lactam (4-membered cyclic amide) rings is 1. The summed E-state index contributed by atoms with van der Waals surface area (Å²) in [7, 11) is 1.06. The second kappa shape index (κ2) is 3.93. The van der Waals surface area contributed by atoms with Gasteiger partial charge in [0.15, 0.2) is 0 Å². The van der Waals surface area contributed by atoms with Gasteiger partial charge < -0.3 is 0 Å². The van der Waals surface area contributed by atoms with Crippen LogP contribution in [0.4, 0.5) is 4.39 Å². The monoisotopic (exact) mass is 291 g/mol. The molecule has 1 aliphatic rings. The minimum Gasteiger partial charge on any atom is -0.274 e. The zero-order valence-electron chi connectivity index (χ0n) is 9.78. The first-order valence-electron chi connectivity index (χ1n) is 5.21. The number of hydrogen-bond acceptors (Lipinski definition) is 3. The van der Waals surface area contributed by atoms with Crippen LogP contribution in [0.2, 0.25) is 0 Å². The smallest absolute Gasteiger partial charge is 0.274 e. The minimum atomic E-state index is -4.16. The summed E-state index contributed by atoms with van der Waals surface area (Å²) >= 11 is 0. The van der Waals surface area contributed by atoms with Crippen molar-refractivity contribution in [2.75, 3.05) is 0 Å². The fraction of sp³-hybridized carbons (Fsp3) is 0.364. The van der Waals surface area contributed by atoms with Gasteiger partial charge in [-0.3, -0.25) is 4.79 Å². The Hall–Kier alpha value is -1.14. The number of rotatable bonds is 2. The predicted molar refractivity (Wildman–Crippen MR) is 64.7 cm³/mol. The molecule has 1 heterocycles. The van der Waals surface area contributed by atoms with E-state index in [1.165, 1.54) is 12.1 Å². The molecule has 1 unspecified atom stereocenters. The Morgan fingerprint density at radius 1 is 1.44 bits per heavy atom. The summed E-state index contributed by atoms with van der Waals surface area (Å²) in [6, 6.07) is 4.37. The van der Waals surface area contributed by atoms with Gasteiger partial charge in [-0.05, 0) is 31.0 Å². The highest BCUT2D eigenvalue weighted by atomic mass is 35.7. The molecule has 0 spiro atoms. The van der Waals surface area contributed by atoms with Gasteiger partial charge in [-0.1, -0.05) is 12.1 Å². The summed E-state index contributed by atoms with van der Waals surface area (Å²) in [4.78, 5) is 11.4. The average Bonchev–Trinajstić information content (AvgIpc) is 2.18. The van der Waals surface area contributed by atoms with E-state index in [-0.39, 0.29) is 6.42 Å². The van der Waals surface area contributed by atoms with Crippen molar-refractivity contribution in [1.29, 1.82) is 0 Å². The lowest BCUT2D eigenvalue weighted by Gasteiger charge is -2.47. The molecule has 1 aliphatic heterocycles. The van der Waals surface area contributed by atoms with Crippen LogP contribution >= 0.6 is 10.7 Å². The zero-order valence-corrected chi connectivity index (χ0v) is 11.3. The standard InChI is InChI=1S/C11H11ClFNO3S/c1-7-3-4-8(5-9(7)13)11(2)6-10(15)14(11)18(12,16)17/h3-5H,6H2,1-2H3. The van der Waals surface area contributed by atoms with Crippen LogP contribution in [-0.2, 0) is 19.6 Å². The highest BCUT2D eigenvalue weighted by Gasteiger charge is 2.54. The molecular weight excluding hydrogens is 281 g/mol. The highest BCUT2D eigenvalue weighted by Crippen LogP contribution is 2.44. The quantitative estimate of drug-likeness (QED) is 0.619. The molecule has 98 valence electrons. The van der Waals surface area contributed by atoms with Gasteiger partial charge in [-0.2, -0.15) is 8.42 Å². The van der Waals surface area contributed by atoms with Crippen LogP contribution in [-0.4, -0.2) is 18.6 Å². The van der Waals surface area contributed by atoms with Gasteiger partial charge >= 0.3 is 9.24 Å². The number of nitrogens with zero attached hydrogens (tertiary/aromatic N) is 1. The molecule has 4 nitrogen and oxygen atoms in total. The second-order valence-electron chi connectivity index (χ2n) is 4.51. The fourth-order valence-corrected chi connectivity index (χ4v) is 3.78. The van der Waals surface area contributed by atoms with Gasteiger partial charge in [0.1, 0.15) is 5.82 Å². The van der Waals surface area contributed by atoms with E-state index in [9.17, 15) is 17.6 Å².